The highest BCUT2D eigenvalue weighted by Crippen LogP contribution is 2.09. The number of thioether (sulfide) groups is 1. The molecule has 0 N–H and O–H groups in total. The van der Waals surface area contributed by atoms with Crippen molar-refractivity contribution in [2.24, 2.45) is 0 Å². The van der Waals surface area contributed by atoms with Crippen LogP contribution in [-0.4, -0.2) is 23.9 Å². The van der Waals surface area contributed by atoms with Crippen LogP contribution in [-0.2, 0) is 4.79 Å². The third kappa shape index (κ3) is 3.51. The van der Waals surface area contributed by atoms with Gasteiger partial charge in [-0.15, -0.1) is 0 Å². The fraction of sp³-hybridized carbons (Fsp3) is 0.556. The van der Waals surface area contributed by atoms with Crippen molar-refractivity contribution in [3.05, 3.63) is 11.5 Å². The number of piperidine rings is 1. The van der Waals surface area contributed by atoms with E-state index in [-0.39, 0.29) is 5.91 Å². The number of carbonyl (C=O) groups is 1. The lowest BCUT2D eigenvalue weighted by atomic mass is 10.1. The summed E-state index contributed by atoms with van der Waals surface area (Å²) in [5, 5.41) is 11.7. The van der Waals surface area contributed by atoms with Crippen LogP contribution in [0.25, 0.3) is 0 Å². The Bertz CT molecular complexity index is 238. The van der Waals surface area contributed by atoms with Crippen LogP contribution in [0.1, 0.15) is 19.3 Å². The van der Waals surface area contributed by atoms with Crippen molar-refractivity contribution in [2.75, 3.05) is 13.1 Å². The second-order valence-corrected chi connectivity index (χ2v) is 3.59. The Morgan fingerprint density at radius 1 is 1.38 bits per heavy atom. The summed E-state index contributed by atoms with van der Waals surface area (Å²) in [6.07, 6.45) is 4.90. The SMILES string of the molecule is N#CS/C=C\C(=O)N1CCCCC1. The predicted molar refractivity (Wildman–Crippen MR) is 52.8 cm³/mol. The van der Waals surface area contributed by atoms with Crippen molar-refractivity contribution in [3.63, 3.8) is 0 Å². The predicted octanol–water partition coefficient (Wildman–Crippen LogP) is 1.73. The Balaban J connectivity index is 2.34. The number of rotatable bonds is 2. The van der Waals surface area contributed by atoms with E-state index in [1.807, 2.05) is 10.3 Å². The summed E-state index contributed by atoms with van der Waals surface area (Å²) in [5.41, 5.74) is 0. The zero-order valence-electron chi connectivity index (χ0n) is 7.40. The number of nitriles is 1. The smallest absolute Gasteiger partial charge is 0.247 e. The van der Waals surface area contributed by atoms with Gasteiger partial charge in [0.15, 0.2) is 0 Å². The van der Waals surface area contributed by atoms with Crippen molar-refractivity contribution < 1.29 is 4.79 Å². The van der Waals surface area contributed by atoms with Gasteiger partial charge in [-0.2, -0.15) is 5.26 Å². The lowest BCUT2D eigenvalue weighted by molar-refractivity contribution is -0.126. The molecule has 1 aliphatic rings. The molecule has 0 aromatic heterocycles. The number of amides is 1. The van der Waals surface area contributed by atoms with Gasteiger partial charge in [0.25, 0.3) is 0 Å². The molecular formula is C9H12N2OS. The molecule has 0 aliphatic carbocycles. The van der Waals surface area contributed by atoms with Crippen LogP contribution in [0.2, 0.25) is 0 Å². The van der Waals surface area contributed by atoms with Crippen LogP contribution in [0.4, 0.5) is 0 Å². The molecule has 0 aromatic carbocycles. The van der Waals surface area contributed by atoms with Gasteiger partial charge >= 0.3 is 0 Å². The van der Waals surface area contributed by atoms with Crippen LogP contribution in [0, 0.1) is 10.7 Å². The van der Waals surface area contributed by atoms with Crippen molar-refractivity contribution in [2.45, 2.75) is 19.3 Å². The Labute approximate surface area is 82.4 Å². The first-order chi connectivity index (χ1) is 6.34. The fourth-order valence-electron chi connectivity index (χ4n) is 1.34. The molecule has 1 amide bonds. The second kappa shape index (κ2) is 5.65. The molecule has 1 rings (SSSR count). The van der Waals surface area contributed by atoms with Gasteiger partial charge in [-0.25, -0.2) is 0 Å². The summed E-state index contributed by atoms with van der Waals surface area (Å²) in [6.45, 7) is 1.72. The lowest BCUT2D eigenvalue weighted by Crippen LogP contribution is -2.34. The number of carbonyl (C=O) groups excluding carboxylic acids is 1. The van der Waals surface area contributed by atoms with Crippen LogP contribution < -0.4 is 0 Å². The first kappa shape index (κ1) is 10.1. The topological polar surface area (TPSA) is 44.1 Å². The molecule has 0 atom stereocenters. The quantitative estimate of drug-likeness (QED) is 0.499. The normalized spacial score (nSPS) is 17.3. The summed E-state index contributed by atoms with van der Waals surface area (Å²) >= 11 is 0.978. The average molecular weight is 196 g/mol. The Kier molecular flexibility index (Phi) is 4.41. The molecule has 0 bridgehead atoms. The molecule has 1 fully saturated rings. The molecule has 0 radical (unpaired) electrons. The van der Waals surface area contributed by atoms with Crippen molar-refractivity contribution >= 4 is 17.7 Å². The summed E-state index contributed by atoms with van der Waals surface area (Å²) in [7, 11) is 0. The molecule has 70 valence electrons. The van der Waals surface area contributed by atoms with Crippen molar-refractivity contribution in [1.29, 1.82) is 5.26 Å². The number of thiocyanates is 1. The maximum absolute atomic E-state index is 11.4. The van der Waals surface area contributed by atoms with Gasteiger partial charge in [0.05, 0.1) is 0 Å². The van der Waals surface area contributed by atoms with E-state index in [2.05, 4.69) is 0 Å². The number of hydrogen-bond acceptors (Lipinski definition) is 3. The van der Waals surface area contributed by atoms with E-state index >= 15 is 0 Å². The maximum atomic E-state index is 11.4. The van der Waals surface area contributed by atoms with Crippen LogP contribution in [0.5, 0.6) is 0 Å². The van der Waals surface area contributed by atoms with E-state index in [4.69, 9.17) is 5.26 Å². The third-order valence-corrected chi connectivity index (χ3v) is 2.38. The largest absolute Gasteiger partial charge is 0.339 e. The highest BCUT2D eigenvalue weighted by molar-refractivity contribution is 8.06. The van der Waals surface area contributed by atoms with E-state index < -0.39 is 0 Å². The van der Waals surface area contributed by atoms with Crippen molar-refractivity contribution in [1.82, 2.24) is 4.90 Å². The summed E-state index contributed by atoms with van der Waals surface area (Å²) in [4.78, 5) is 13.2. The summed E-state index contributed by atoms with van der Waals surface area (Å²) < 4.78 is 0. The summed E-state index contributed by atoms with van der Waals surface area (Å²) in [6, 6.07) is 0. The monoisotopic (exact) mass is 196 g/mol. The highest BCUT2D eigenvalue weighted by Gasteiger charge is 2.13. The molecule has 0 unspecified atom stereocenters. The molecule has 1 heterocycles. The molecular weight excluding hydrogens is 184 g/mol. The molecule has 0 spiro atoms. The minimum absolute atomic E-state index is 0.0300. The zero-order chi connectivity index (χ0) is 9.52. The number of nitrogens with zero attached hydrogens (tertiary/aromatic N) is 2. The lowest BCUT2D eigenvalue weighted by Gasteiger charge is -2.25. The third-order valence-electron chi connectivity index (χ3n) is 2.00. The van der Waals surface area contributed by atoms with Gasteiger partial charge in [0.2, 0.25) is 5.91 Å². The highest BCUT2D eigenvalue weighted by atomic mass is 32.2. The fourth-order valence-corrected chi connectivity index (χ4v) is 1.59. The molecule has 0 saturated carbocycles. The van der Waals surface area contributed by atoms with Crippen LogP contribution >= 0.6 is 11.8 Å². The van der Waals surface area contributed by atoms with E-state index in [0.29, 0.717) is 0 Å². The Hall–Kier alpha value is -0.950. The van der Waals surface area contributed by atoms with Crippen molar-refractivity contribution in [3.8, 4) is 5.40 Å². The number of hydrogen-bond donors (Lipinski definition) is 0. The molecule has 3 nitrogen and oxygen atoms in total. The number of likely N-dealkylation sites (tertiary alicyclic amines) is 1. The van der Waals surface area contributed by atoms with Crippen LogP contribution in [0.3, 0.4) is 0 Å². The second-order valence-electron chi connectivity index (χ2n) is 2.90. The van der Waals surface area contributed by atoms with Gasteiger partial charge in [0, 0.05) is 19.2 Å². The van der Waals surface area contributed by atoms with Crippen LogP contribution in [0.15, 0.2) is 11.5 Å². The molecule has 1 aliphatic heterocycles. The zero-order valence-corrected chi connectivity index (χ0v) is 8.22. The van der Waals surface area contributed by atoms with E-state index in [9.17, 15) is 4.79 Å². The van der Waals surface area contributed by atoms with E-state index in [1.54, 1.807) is 0 Å². The van der Waals surface area contributed by atoms with Gasteiger partial charge in [-0.3, -0.25) is 4.79 Å². The molecule has 13 heavy (non-hydrogen) atoms. The minimum Gasteiger partial charge on any atom is -0.339 e. The standard InChI is InChI=1S/C9H12N2OS/c10-8-13-7-4-9(12)11-5-2-1-3-6-11/h4,7H,1-3,5-6H2/b7-4-. The maximum Gasteiger partial charge on any atom is 0.247 e. The molecule has 0 aromatic rings. The van der Waals surface area contributed by atoms with Gasteiger partial charge < -0.3 is 4.90 Å². The molecule has 1 saturated heterocycles. The summed E-state index contributed by atoms with van der Waals surface area (Å²) in [5.74, 6) is 0.0300. The average Bonchev–Trinajstić information content (AvgIpc) is 2.19. The first-order valence-corrected chi connectivity index (χ1v) is 5.23. The van der Waals surface area contributed by atoms with E-state index in [1.165, 1.54) is 17.9 Å². The first-order valence-electron chi connectivity index (χ1n) is 4.35. The Morgan fingerprint density at radius 2 is 2.08 bits per heavy atom. The van der Waals surface area contributed by atoms with Gasteiger partial charge in [0.1, 0.15) is 5.40 Å². The molecule has 4 heteroatoms. The minimum atomic E-state index is 0.0300. The van der Waals surface area contributed by atoms with Gasteiger partial charge in [-0.1, -0.05) is 0 Å². The van der Waals surface area contributed by atoms with E-state index in [0.717, 1.165) is 37.7 Å². The van der Waals surface area contributed by atoms with Gasteiger partial charge in [-0.05, 0) is 36.4 Å². The Morgan fingerprint density at radius 3 is 2.69 bits per heavy atom.